The van der Waals surface area contributed by atoms with Crippen molar-refractivity contribution in [2.45, 2.75) is 31.3 Å². The van der Waals surface area contributed by atoms with Crippen LogP contribution in [0.5, 0.6) is 11.5 Å². The molecule has 0 aromatic heterocycles. The van der Waals surface area contributed by atoms with E-state index < -0.39 is 16.2 Å². The molecular weight excluding hydrogens is 380 g/mol. The molecule has 1 unspecified atom stereocenters. The number of aromatic hydroxyl groups is 1. The standard InChI is InChI=1S/C20H24N2O5S/c1-4-19(24)21-11-12-22(28(25,26)16-8-5-14(2)6-9-16)20(21)15-7-10-17(23)18(13-15)27-3/h5-10,13,20,23H,4,11-12H2,1-3H3. The maximum absolute atomic E-state index is 13.3. The smallest absolute Gasteiger partial charge is 0.245 e. The fraction of sp³-hybridized carbons (Fsp3) is 0.350. The van der Waals surface area contributed by atoms with Gasteiger partial charge in [0.2, 0.25) is 15.9 Å². The molecule has 1 N–H and O–H groups in total. The molecule has 2 aromatic rings. The molecule has 1 atom stereocenters. The summed E-state index contributed by atoms with van der Waals surface area (Å²) in [6.07, 6.45) is -0.530. The minimum atomic E-state index is -3.82. The highest BCUT2D eigenvalue weighted by Gasteiger charge is 2.43. The Hall–Kier alpha value is -2.58. The van der Waals surface area contributed by atoms with Crippen LogP contribution in [0.15, 0.2) is 47.4 Å². The summed E-state index contributed by atoms with van der Waals surface area (Å²) in [4.78, 5) is 14.2. The van der Waals surface area contributed by atoms with Gasteiger partial charge in [-0.05, 0) is 36.8 Å². The van der Waals surface area contributed by atoms with Gasteiger partial charge < -0.3 is 14.7 Å². The second-order valence-electron chi connectivity index (χ2n) is 6.67. The van der Waals surface area contributed by atoms with E-state index in [0.717, 1.165) is 5.56 Å². The highest BCUT2D eigenvalue weighted by Crippen LogP contribution is 2.38. The van der Waals surface area contributed by atoms with Crippen molar-refractivity contribution in [1.82, 2.24) is 9.21 Å². The van der Waals surface area contributed by atoms with Crippen LogP contribution in [0, 0.1) is 6.92 Å². The molecule has 0 bridgehead atoms. The molecule has 0 radical (unpaired) electrons. The topological polar surface area (TPSA) is 87.2 Å². The zero-order valence-corrected chi connectivity index (χ0v) is 16.9. The van der Waals surface area contributed by atoms with E-state index in [2.05, 4.69) is 0 Å². The Balaban J connectivity index is 2.09. The Labute approximate surface area is 165 Å². The number of amides is 1. The van der Waals surface area contributed by atoms with Crippen molar-refractivity contribution in [3.8, 4) is 11.5 Å². The van der Waals surface area contributed by atoms with E-state index in [1.54, 1.807) is 48.2 Å². The Kier molecular flexibility index (Phi) is 5.62. The first kappa shape index (κ1) is 20.2. The number of sulfonamides is 1. The Morgan fingerprint density at radius 3 is 2.46 bits per heavy atom. The Bertz CT molecular complexity index is 973. The molecule has 1 aliphatic heterocycles. The summed E-state index contributed by atoms with van der Waals surface area (Å²) in [5.41, 5.74) is 1.52. The average molecular weight is 404 g/mol. The van der Waals surface area contributed by atoms with Crippen molar-refractivity contribution in [3.05, 3.63) is 53.6 Å². The zero-order chi connectivity index (χ0) is 20.5. The molecule has 1 heterocycles. The van der Waals surface area contributed by atoms with Gasteiger partial charge >= 0.3 is 0 Å². The minimum Gasteiger partial charge on any atom is -0.504 e. The number of benzene rings is 2. The number of hydrogen-bond acceptors (Lipinski definition) is 5. The summed E-state index contributed by atoms with van der Waals surface area (Å²) in [5, 5.41) is 9.89. The highest BCUT2D eigenvalue weighted by atomic mass is 32.2. The van der Waals surface area contributed by atoms with Crippen molar-refractivity contribution in [2.24, 2.45) is 0 Å². The molecule has 0 aliphatic carbocycles. The number of methoxy groups -OCH3 is 1. The van der Waals surface area contributed by atoms with Crippen LogP contribution in [0.1, 0.15) is 30.6 Å². The third-order valence-corrected chi connectivity index (χ3v) is 6.75. The number of ether oxygens (including phenoxy) is 1. The van der Waals surface area contributed by atoms with E-state index in [9.17, 15) is 18.3 Å². The SMILES string of the molecule is CCC(=O)N1CCN(S(=O)(=O)c2ccc(C)cc2)C1c1ccc(O)c(OC)c1. The van der Waals surface area contributed by atoms with E-state index in [1.807, 2.05) is 6.92 Å². The maximum Gasteiger partial charge on any atom is 0.245 e. The lowest BCUT2D eigenvalue weighted by atomic mass is 10.1. The summed E-state index contributed by atoms with van der Waals surface area (Å²) in [5.74, 6) is 0.0326. The first-order valence-electron chi connectivity index (χ1n) is 9.04. The third-order valence-electron chi connectivity index (χ3n) is 4.88. The number of carbonyl (C=O) groups is 1. The van der Waals surface area contributed by atoms with Crippen LogP contribution in [0.25, 0.3) is 0 Å². The lowest BCUT2D eigenvalue weighted by molar-refractivity contribution is -0.132. The van der Waals surface area contributed by atoms with E-state index >= 15 is 0 Å². The van der Waals surface area contributed by atoms with Gasteiger partial charge in [-0.25, -0.2) is 8.42 Å². The summed E-state index contributed by atoms with van der Waals surface area (Å²) in [6.45, 7) is 4.12. The Morgan fingerprint density at radius 2 is 1.86 bits per heavy atom. The molecule has 7 nitrogen and oxygen atoms in total. The second-order valence-corrected chi connectivity index (χ2v) is 8.57. The summed E-state index contributed by atoms with van der Waals surface area (Å²) < 4.78 is 33.1. The van der Waals surface area contributed by atoms with Gasteiger partial charge in [0.25, 0.3) is 0 Å². The van der Waals surface area contributed by atoms with Crippen molar-refractivity contribution >= 4 is 15.9 Å². The van der Waals surface area contributed by atoms with Gasteiger partial charge in [0, 0.05) is 19.5 Å². The van der Waals surface area contributed by atoms with Crippen LogP contribution in [0.4, 0.5) is 0 Å². The highest BCUT2D eigenvalue weighted by molar-refractivity contribution is 7.89. The molecule has 150 valence electrons. The summed E-state index contributed by atoms with van der Waals surface area (Å²) >= 11 is 0. The lowest BCUT2D eigenvalue weighted by Crippen LogP contribution is -2.37. The number of rotatable bonds is 5. The van der Waals surface area contributed by atoms with Gasteiger partial charge in [-0.2, -0.15) is 4.31 Å². The minimum absolute atomic E-state index is 0.0504. The van der Waals surface area contributed by atoms with Crippen molar-refractivity contribution < 1.29 is 23.1 Å². The fourth-order valence-electron chi connectivity index (χ4n) is 3.37. The van der Waals surface area contributed by atoms with Crippen LogP contribution in [-0.2, 0) is 14.8 Å². The molecule has 1 amide bonds. The van der Waals surface area contributed by atoms with Crippen LogP contribution in [0.3, 0.4) is 0 Å². The zero-order valence-electron chi connectivity index (χ0n) is 16.1. The Morgan fingerprint density at radius 1 is 1.18 bits per heavy atom. The number of phenols is 1. The molecule has 3 rings (SSSR count). The first-order valence-corrected chi connectivity index (χ1v) is 10.5. The second kappa shape index (κ2) is 7.81. The first-order chi connectivity index (χ1) is 13.3. The fourth-order valence-corrected chi connectivity index (χ4v) is 4.94. The molecule has 0 spiro atoms. The molecule has 2 aromatic carbocycles. The number of phenolic OH excluding ortho intramolecular Hbond substituents is 1. The van der Waals surface area contributed by atoms with Gasteiger partial charge in [-0.1, -0.05) is 30.7 Å². The maximum atomic E-state index is 13.3. The molecule has 8 heteroatoms. The number of aryl methyl sites for hydroxylation is 1. The van der Waals surface area contributed by atoms with Crippen molar-refractivity contribution in [2.75, 3.05) is 20.2 Å². The van der Waals surface area contributed by atoms with Crippen LogP contribution < -0.4 is 4.74 Å². The molecule has 0 saturated carbocycles. The summed E-state index contributed by atoms with van der Waals surface area (Å²) in [7, 11) is -2.40. The molecular formula is C20H24N2O5S. The average Bonchev–Trinajstić information content (AvgIpc) is 3.14. The lowest BCUT2D eigenvalue weighted by Gasteiger charge is -2.30. The largest absolute Gasteiger partial charge is 0.504 e. The van der Waals surface area contributed by atoms with E-state index in [0.29, 0.717) is 12.1 Å². The van der Waals surface area contributed by atoms with Gasteiger partial charge in [-0.15, -0.1) is 0 Å². The number of nitrogens with zero attached hydrogens (tertiary/aromatic N) is 2. The van der Waals surface area contributed by atoms with Gasteiger partial charge in [0.15, 0.2) is 11.5 Å². The van der Waals surface area contributed by atoms with E-state index in [1.165, 1.54) is 17.5 Å². The van der Waals surface area contributed by atoms with Crippen molar-refractivity contribution in [3.63, 3.8) is 0 Å². The predicted octanol–water partition coefficient (Wildman–Crippen LogP) is 2.65. The molecule has 1 aliphatic rings. The van der Waals surface area contributed by atoms with Gasteiger partial charge in [-0.3, -0.25) is 4.79 Å². The molecule has 28 heavy (non-hydrogen) atoms. The van der Waals surface area contributed by atoms with Crippen LogP contribution in [0.2, 0.25) is 0 Å². The summed E-state index contributed by atoms with van der Waals surface area (Å²) in [6, 6.07) is 11.3. The number of carbonyl (C=O) groups excluding carboxylic acids is 1. The number of hydrogen-bond donors (Lipinski definition) is 1. The van der Waals surface area contributed by atoms with Gasteiger partial charge in [0.1, 0.15) is 6.17 Å². The van der Waals surface area contributed by atoms with Crippen molar-refractivity contribution in [1.29, 1.82) is 0 Å². The third kappa shape index (κ3) is 3.57. The normalized spacial score (nSPS) is 17.7. The quantitative estimate of drug-likeness (QED) is 0.828. The van der Waals surface area contributed by atoms with Crippen LogP contribution in [-0.4, -0.2) is 48.8 Å². The monoisotopic (exact) mass is 404 g/mol. The molecule has 1 fully saturated rings. The van der Waals surface area contributed by atoms with E-state index in [4.69, 9.17) is 4.74 Å². The van der Waals surface area contributed by atoms with E-state index in [-0.39, 0.29) is 35.3 Å². The van der Waals surface area contributed by atoms with Gasteiger partial charge in [0.05, 0.1) is 12.0 Å². The van der Waals surface area contributed by atoms with Crippen LogP contribution >= 0.6 is 0 Å². The molecule has 1 saturated heterocycles. The predicted molar refractivity (Wildman–Crippen MR) is 104 cm³/mol.